The number of phenolic OH excluding ortho intramolecular Hbond substituents is 1. The maximum absolute atomic E-state index is 13.4. The largest absolute Gasteiger partial charge is 0.508 e. The van der Waals surface area contributed by atoms with E-state index in [0.717, 1.165) is 0 Å². The minimum absolute atomic E-state index is 0.0172. The Balaban J connectivity index is 2.01. The van der Waals surface area contributed by atoms with Gasteiger partial charge in [-0.25, -0.2) is 0 Å². The quantitative estimate of drug-likeness (QED) is 0.0682. The van der Waals surface area contributed by atoms with Crippen molar-refractivity contribution in [3.05, 3.63) is 65.7 Å². The zero-order chi connectivity index (χ0) is 36.9. The van der Waals surface area contributed by atoms with Crippen LogP contribution in [0.15, 0.2) is 54.6 Å². The van der Waals surface area contributed by atoms with Crippen molar-refractivity contribution in [2.75, 3.05) is 38.2 Å². The molecule has 0 radical (unpaired) electrons. The van der Waals surface area contributed by atoms with Crippen molar-refractivity contribution in [1.29, 1.82) is 0 Å². The molecule has 2 aromatic carbocycles. The van der Waals surface area contributed by atoms with Crippen molar-refractivity contribution in [2.45, 2.75) is 50.2 Å². The highest BCUT2D eigenvalue weighted by Gasteiger charge is 2.27. The predicted octanol–water partition coefficient (Wildman–Crippen LogP) is -1.44. The molecule has 0 spiro atoms. The fraction of sp³-hybridized carbons (Fsp3) is 0.424. The molecule has 2 aromatic rings. The lowest BCUT2D eigenvalue weighted by atomic mass is 10.0. The van der Waals surface area contributed by atoms with E-state index < -0.39 is 72.6 Å². The van der Waals surface area contributed by atoms with Crippen molar-refractivity contribution >= 4 is 53.2 Å². The summed E-state index contributed by atoms with van der Waals surface area (Å²) in [6, 6.07) is 11.7. The highest BCUT2D eigenvalue weighted by Crippen LogP contribution is 2.12. The summed E-state index contributed by atoms with van der Waals surface area (Å²) < 4.78 is 0. The van der Waals surface area contributed by atoms with Gasteiger partial charge in [-0.2, -0.15) is 11.8 Å². The summed E-state index contributed by atoms with van der Waals surface area (Å²) >= 11 is 1.45. The van der Waals surface area contributed by atoms with Crippen molar-refractivity contribution in [3.63, 3.8) is 0 Å². The SMILES string of the molecule is CSCC[C@H](NC(=O)[C@H](Cc1ccccc1)NC(=O)CNC(=O)CNC(=O)[C@H](Cc1ccc(O)cc1)NC(=O)CCN)C(=O)NCCC(=O)O. The van der Waals surface area contributed by atoms with E-state index in [2.05, 4.69) is 31.9 Å². The van der Waals surface area contributed by atoms with Crippen LogP contribution in [0, 0.1) is 0 Å². The number of aromatic hydroxyl groups is 1. The van der Waals surface area contributed by atoms with E-state index in [0.29, 0.717) is 16.9 Å². The normalized spacial score (nSPS) is 12.4. The monoisotopic (exact) mass is 715 g/mol. The molecule has 17 heteroatoms. The lowest BCUT2D eigenvalue weighted by Gasteiger charge is -2.23. The highest BCUT2D eigenvalue weighted by molar-refractivity contribution is 7.98. The average molecular weight is 716 g/mol. The second kappa shape index (κ2) is 22.5. The number of carbonyl (C=O) groups excluding carboxylic acids is 6. The fourth-order valence-electron chi connectivity index (χ4n) is 4.50. The second-order valence-corrected chi connectivity index (χ2v) is 12.1. The number of hydrogen-bond acceptors (Lipinski definition) is 10. The van der Waals surface area contributed by atoms with Crippen LogP contribution in [0.3, 0.4) is 0 Å². The zero-order valence-corrected chi connectivity index (χ0v) is 28.6. The van der Waals surface area contributed by atoms with E-state index in [1.165, 1.54) is 23.9 Å². The Labute approximate surface area is 294 Å². The molecule has 0 aliphatic rings. The van der Waals surface area contributed by atoms with E-state index in [4.69, 9.17) is 10.8 Å². The van der Waals surface area contributed by atoms with Crippen molar-refractivity contribution in [3.8, 4) is 5.75 Å². The third-order valence-corrected chi connectivity index (χ3v) is 7.73. The Morgan fingerprint density at radius 1 is 0.680 bits per heavy atom. The molecule has 2 rings (SSSR count). The first-order valence-corrected chi connectivity index (χ1v) is 17.2. The summed E-state index contributed by atoms with van der Waals surface area (Å²) in [6.45, 7) is -1.11. The van der Waals surface area contributed by atoms with Gasteiger partial charge in [0, 0.05) is 32.4 Å². The Bertz CT molecular complexity index is 1440. The minimum atomic E-state index is -1.14. The Kier molecular flexibility index (Phi) is 18.4. The minimum Gasteiger partial charge on any atom is -0.508 e. The molecule has 0 unspecified atom stereocenters. The number of benzene rings is 2. The molecule has 0 saturated carbocycles. The molecule has 272 valence electrons. The number of thioether (sulfide) groups is 1. The van der Waals surface area contributed by atoms with Gasteiger partial charge in [-0.05, 0) is 41.7 Å². The number of hydrogen-bond donors (Lipinski definition) is 9. The topological polar surface area (TPSA) is 258 Å². The van der Waals surface area contributed by atoms with E-state index in [9.17, 15) is 38.7 Å². The number of phenols is 1. The van der Waals surface area contributed by atoms with Crippen LogP contribution in [0.4, 0.5) is 0 Å². The molecule has 0 saturated heterocycles. The van der Waals surface area contributed by atoms with Gasteiger partial charge in [0.25, 0.3) is 0 Å². The van der Waals surface area contributed by atoms with Crippen LogP contribution in [-0.4, -0.2) is 108 Å². The van der Waals surface area contributed by atoms with E-state index in [1.54, 1.807) is 42.5 Å². The van der Waals surface area contributed by atoms with Gasteiger partial charge in [-0.3, -0.25) is 33.6 Å². The third-order valence-electron chi connectivity index (χ3n) is 7.08. The maximum Gasteiger partial charge on any atom is 0.305 e. The predicted molar refractivity (Wildman–Crippen MR) is 186 cm³/mol. The lowest BCUT2D eigenvalue weighted by Crippen LogP contribution is -2.56. The number of carboxylic acids is 1. The van der Waals surface area contributed by atoms with Crippen LogP contribution in [0.25, 0.3) is 0 Å². The van der Waals surface area contributed by atoms with Gasteiger partial charge in [0.1, 0.15) is 23.9 Å². The summed E-state index contributed by atoms with van der Waals surface area (Å²) in [5, 5.41) is 33.5. The molecule has 0 fully saturated rings. The van der Waals surface area contributed by atoms with Crippen LogP contribution >= 0.6 is 11.8 Å². The molecular weight excluding hydrogens is 670 g/mol. The molecule has 0 aliphatic carbocycles. The van der Waals surface area contributed by atoms with E-state index in [-0.39, 0.29) is 50.9 Å². The van der Waals surface area contributed by atoms with Crippen molar-refractivity contribution in [2.24, 2.45) is 5.73 Å². The van der Waals surface area contributed by atoms with Gasteiger partial charge in [0.2, 0.25) is 35.4 Å². The Morgan fingerprint density at radius 2 is 1.26 bits per heavy atom. The molecular formula is C33H45N7O9S. The first-order chi connectivity index (χ1) is 23.9. The second-order valence-electron chi connectivity index (χ2n) is 11.1. The van der Waals surface area contributed by atoms with Gasteiger partial charge in [0.05, 0.1) is 19.5 Å². The molecule has 0 bridgehead atoms. The van der Waals surface area contributed by atoms with Crippen LogP contribution in [0.2, 0.25) is 0 Å². The number of amides is 6. The molecule has 0 aromatic heterocycles. The first kappa shape index (κ1) is 41.0. The van der Waals surface area contributed by atoms with E-state index in [1.807, 2.05) is 6.26 Å². The number of nitrogens with two attached hydrogens (primary N) is 1. The Morgan fingerprint density at radius 3 is 1.88 bits per heavy atom. The standard InChI is InChI=1S/C33H45N7O9S/c1-50-16-13-24(31(47)35-15-12-30(45)46)40-33(49)26(17-21-5-3-2-4-6-21)39-29(44)20-36-28(43)19-37-32(48)25(38-27(42)11-14-34)18-22-7-9-23(41)10-8-22/h2-10,24-26,41H,11-20,34H2,1H3,(H,35,47)(H,36,43)(H,37,48)(H,38,42)(H,39,44)(H,40,49)(H,45,46)/t24-,25-,26-/m0/s1. The van der Waals surface area contributed by atoms with Gasteiger partial charge in [0.15, 0.2) is 0 Å². The number of carbonyl (C=O) groups is 7. The Hall–Kier alpha value is -5.16. The fourth-order valence-corrected chi connectivity index (χ4v) is 4.98. The summed E-state index contributed by atoms with van der Waals surface area (Å²) in [5.41, 5.74) is 6.79. The highest BCUT2D eigenvalue weighted by atomic mass is 32.2. The average Bonchev–Trinajstić information content (AvgIpc) is 3.08. The van der Waals surface area contributed by atoms with Gasteiger partial charge in [-0.1, -0.05) is 42.5 Å². The summed E-state index contributed by atoms with van der Waals surface area (Å²) in [5.74, 6) is -4.31. The number of carboxylic acid groups (broad SMARTS) is 1. The lowest BCUT2D eigenvalue weighted by molar-refractivity contribution is -0.137. The molecule has 16 nitrogen and oxygen atoms in total. The van der Waals surface area contributed by atoms with Crippen LogP contribution in [-0.2, 0) is 46.4 Å². The van der Waals surface area contributed by atoms with Crippen molar-refractivity contribution < 1.29 is 43.8 Å². The van der Waals surface area contributed by atoms with Crippen LogP contribution in [0.5, 0.6) is 5.75 Å². The van der Waals surface area contributed by atoms with Crippen molar-refractivity contribution in [1.82, 2.24) is 31.9 Å². The summed E-state index contributed by atoms with van der Waals surface area (Å²) in [7, 11) is 0. The molecule has 3 atom stereocenters. The smallest absolute Gasteiger partial charge is 0.305 e. The number of rotatable bonds is 22. The first-order valence-electron chi connectivity index (χ1n) is 15.9. The molecule has 0 aliphatic heterocycles. The van der Waals surface area contributed by atoms with Crippen LogP contribution < -0.4 is 37.6 Å². The summed E-state index contributed by atoms with van der Waals surface area (Å²) in [4.78, 5) is 87.5. The molecule has 50 heavy (non-hydrogen) atoms. The van der Waals surface area contributed by atoms with Gasteiger partial charge >= 0.3 is 5.97 Å². The van der Waals surface area contributed by atoms with E-state index >= 15 is 0 Å². The van der Waals surface area contributed by atoms with Gasteiger partial charge < -0.3 is 47.8 Å². The third kappa shape index (κ3) is 16.3. The molecule has 10 N–H and O–H groups in total. The van der Waals surface area contributed by atoms with Gasteiger partial charge in [-0.15, -0.1) is 0 Å². The summed E-state index contributed by atoms with van der Waals surface area (Å²) in [6.07, 6.45) is 1.92. The molecule has 0 heterocycles. The molecule has 6 amide bonds. The zero-order valence-electron chi connectivity index (χ0n) is 27.7. The van der Waals surface area contributed by atoms with Crippen LogP contribution in [0.1, 0.15) is 30.4 Å². The number of nitrogens with one attached hydrogen (secondary N) is 6. The maximum atomic E-state index is 13.4. The number of aliphatic carboxylic acids is 1.